The van der Waals surface area contributed by atoms with E-state index < -0.39 is 34.9 Å². The number of carboxylic acids is 1. The number of carboxylic acid groups (broad SMARTS) is 1. The lowest BCUT2D eigenvalue weighted by atomic mass is 10.1. The Hall–Kier alpha value is -2.90. The number of halogens is 3. The van der Waals surface area contributed by atoms with Gasteiger partial charge >= 0.3 is 5.97 Å². The monoisotopic (exact) mass is 326 g/mol. The van der Waals surface area contributed by atoms with Crippen molar-refractivity contribution in [2.24, 2.45) is 0 Å². The first-order valence-corrected chi connectivity index (χ1v) is 6.54. The first kappa shape index (κ1) is 18.1. The number of anilines is 1. The second kappa shape index (κ2) is 7.92. The molecular weight excluding hydrogens is 313 g/mol. The molecule has 1 aromatic carbocycles. The highest BCUT2D eigenvalue weighted by Crippen LogP contribution is 2.16. The van der Waals surface area contributed by atoms with Gasteiger partial charge in [-0.3, -0.25) is 4.79 Å². The van der Waals surface area contributed by atoms with Crippen molar-refractivity contribution in [1.29, 1.82) is 0 Å². The Morgan fingerprint density at radius 1 is 1.09 bits per heavy atom. The van der Waals surface area contributed by atoms with Crippen molar-refractivity contribution in [3.05, 3.63) is 59.0 Å². The second-order valence-electron chi connectivity index (χ2n) is 3.91. The third kappa shape index (κ3) is 4.53. The fraction of sp³-hybridized carbons (Fsp3) is 0.133. The van der Waals surface area contributed by atoms with E-state index in [0.717, 1.165) is 0 Å². The normalized spacial score (nSPS) is 9.61. The van der Waals surface area contributed by atoms with E-state index in [0.29, 0.717) is 12.1 Å². The van der Waals surface area contributed by atoms with E-state index in [1.807, 2.05) is 19.2 Å². The molecule has 0 aliphatic carbocycles. The lowest BCUT2D eigenvalue weighted by Gasteiger charge is -2.07. The maximum atomic E-state index is 13.4. The van der Waals surface area contributed by atoms with Crippen LogP contribution < -0.4 is 5.32 Å². The highest BCUT2D eigenvalue weighted by molar-refractivity contribution is 6.04. The Morgan fingerprint density at radius 3 is 2.17 bits per heavy atom. The van der Waals surface area contributed by atoms with Crippen LogP contribution in [0.2, 0.25) is 0 Å². The summed E-state index contributed by atoms with van der Waals surface area (Å²) in [6, 6.07) is 4.43. The minimum absolute atomic E-state index is 0.206. The van der Waals surface area contributed by atoms with Crippen LogP contribution in [0.5, 0.6) is 0 Å². The molecule has 0 fully saturated rings. The molecule has 1 aromatic heterocycles. The van der Waals surface area contributed by atoms with E-state index >= 15 is 0 Å². The quantitative estimate of drug-likeness (QED) is 0.905. The maximum Gasteiger partial charge on any atom is 0.354 e. The van der Waals surface area contributed by atoms with E-state index in [2.05, 4.69) is 4.98 Å². The maximum absolute atomic E-state index is 13.4. The Bertz CT molecular complexity index is 713. The van der Waals surface area contributed by atoms with Gasteiger partial charge in [-0.05, 0) is 12.1 Å². The summed E-state index contributed by atoms with van der Waals surface area (Å²) in [7, 11) is 0. The van der Waals surface area contributed by atoms with E-state index in [4.69, 9.17) is 5.11 Å². The molecule has 1 heterocycles. The largest absolute Gasteiger partial charge is 0.477 e. The summed E-state index contributed by atoms with van der Waals surface area (Å²) in [6.45, 7) is 4.00. The number of aromatic nitrogens is 1. The van der Waals surface area contributed by atoms with Crippen molar-refractivity contribution >= 4 is 17.7 Å². The SMILES string of the molecule is CC.O=C(O)c1cccc(NC(=O)c2c(F)cc(F)cc2F)n1. The van der Waals surface area contributed by atoms with Crippen LogP contribution in [0, 0.1) is 17.5 Å². The van der Waals surface area contributed by atoms with Gasteiger partial charge in [0.15, 0.2) is 5.69 Å². The van der Waals surface area contributed by atoms with E-state index in [1.165, 1.54) is 18.2 Å². The molecule has 0 radical (unpaired) electrons. The van der Waals surface area contributed by atoms with Crippen LogP contribution >= 0.6 is 0 Å². The van der Waals surface area contributed by atoms with Crippen molar-refractivity contribution < 1.29 is 27.9 Å². The lowest BCUT2D eigenvalue weighted by molar-refractivity contribution is 0.0690. The minimum atomic E-state index is -1.38. The fourth-order valence-corrected chi connectivity index (χ4v) is 1.56. The Morgan fingerprint density at radius 2 is 1.65 bits per heavy atom. The zero-order chi connectivity index (χ0) is 17.6. The van der Waals surface area contributed by atoms with Crippen LogP contribution in [-0.4, -0.2) is 22.0 Å². The van der Waals surface area contributed by atoms with Gasteiger partial charge in [0.1, 0.15) is 28.8 Å². The van der Waals surface area contributed by atoms with Gasteiger partial charge in [0, 0.05) is 12.1 Å². The number of amides is 1. The van der Waals surface area contributed by atoms with Gasteiger partial charge in [-0.15, -0.1) is 0 Å². The lowest BCUT2D eigenvalue weighted by Crippen LogP contribution is -2.17. The Balaban J connectivity index is 0.00000127. The van der Waals surface area contributed by atoms with Crippen LogP contribution in [0.25, 0.3) is 0 Å². The number of hydrogen-bond acceptors (Lipinski definition) is 3. The molecule has 0 aliphatic rings. The molecule has 1 amide bonds. The summed E-state index contributed by atoms with van der Waals surface area (Å²) >= 11 is 0. The first-order valence-electron chi connectivity index (χ1n) is 6.54. The third-order valence-electron chi connectivity index (χ3n) is 2.44. The summed E-state index contributed by atoms with van der Waals surface area (Å²) in [5.74, 6) is -6.65. The molecule has 2 N–H and O–H groups in total. The van der Waals surface area contributed by atoms with Crippen molar-refractivity contribution in [3.8, 4) is 0 Å². The third-order valence-corrected chi connectivity index (χ3v) is 2.44. The number of carbonyl (C=O) groups excluding carboxylic acids is 1. The number of aromatic carboxylic acids is 1. The van der Waals surface area contributed by atoms with Crippen molar-refractivity contribution in [2.75, 3.05) is 5.32 Å². The molecule has 0 unspecified atom stereocenters. The predicted octanol–water partition coefficient (Wildman–Crippen LogP) is 3.48. The number of rotatable bonds is 3. The first-order chi connectivity index (χ1) is 10.9. The Labute approximate surface area is 129 Å². The van der Waals surface area contributed by atoms with Crippen molar-refractivity contribution in [3.63, 3.8) is 0 Å². The van der Waals surface area contributed by atoms with Gasteiger partial charge in [0.05, 0.1) is 0 Å². The number of hydrogen-bond donors (Lipinski definition) is 2. The molecule has 0 spiro atoms. The smallest absolute Gasteiger partial charge is 0.354 e. The van der Waals surface area contributed by atoms with Gasteiger partial charge in [0.2, 0.25) is 0 Å². The van der Waals surface area contributed by atoms with Gasteiger partial charge in [-0.2, -0.15) is 0 Å². The fourth-order valence-electron chi connectivity index (χ4n) is 1.56. The Kier molecular flexibility index (Phi) is 6.25. The van der Waals surface area contributed by atoms with Crippen LogP contribution in [0.4, 0.5) is 19.0 Å². The summed E-state index contributed by atoms with van der Waals surface area (Å²) in [5, 5.41) is 10.8. The van der Waals surface area contributed by atoms with Gasteiger partial charge in [-0.1, -0.05) is 19.9 Å². The summed E-state index contributed by atoms with van der Waals surface area (Å²) in [4.78, 5) is 26.0. The molecule has 0 saturated carbocycles. The molecule has 0 saturated heterocycles. The molecule has 122 valence electrons. The van der Waals surface area contributed by atoms with E-state index in [9.17, 15) is 22.8 Å². The number of nitrogens with one attached hydrogen (secondary N) is 1. The highest BCUT2D eigenvalue weighted by Gasteiger charge is 2.19. The number of pyridine rings is 1. The summed E-state index contributed by atoms with van der Waals surface area (Å²) in [5.41, 5.74) is -1.34. The van der Waals surface area contributed by atoms with Crippen LogP contribution in [0.15, 0.2) is 30.3 Å². The average Bonchev–Trinajstić information content (AvgIpc) is 2.48. The van der Waals surface area contributed by atoms with Gasteiger partial charge < -0.3 is 10.4 Å². The molecule has 0 aliphatic heterocycles. The number of carbonyl (C=O) groups is 2. The molecule has 8 heteroatoms. The topological polar surface area (TPSA) is 79.3 Å². The number of nitrogens with zero attached hydrogens (tertiary/aromatic N) is 1. The summed E-state index contributed by atoms with van der Waals surface area (Å²) < 4.78 is 39.6. The molecule has 5 nitrogen and oxygen atoms in total. The second-order valence-corrected chi connectivity index (χ2v) is 3.91. The highest BCUT2D eigenvalue weighted by atomic mass is 19.1. The van der Waals surface area contributed by atoms with Crippen LogP contribution in [-0.2, 0) is 0 Å². The minimum Gasteiger partial charge on any atom is -0.477 e. The molecule has 0 atom stereocenters. The van der Waals surface area contributed by atoms with E-state index in [-0.39, 0.29) is 11.5 Å². The van der Waals surface area contributed by atoms with Gasteiger partial charge in [0.25, 0.3) is 5.91 Å². The molecular formula is C15H13F3N2O3. The van der Waals surface area contributed by atoms with Crippen LogP contribution in [0.3, 0.4) is 0 Å². The number of benzene rings is 1. The molecule has 0 bridgehead atoms. The summed E-state index contributed by atoms with van der Waals surface area (Å²) in [6.07, 6.45) is 0. The molecule has 2 rings (SSSR count). The zero-order valence-electron chi connectivity index (χ0n) is 12.2. The molecule has 2 aromatic rings. The van der Waals surface area contributed by atoms with Crippen molar-refractivity contribution in [2.45, 2.75) is 13.8 Å². The predicted molar refractivity (Wildman–Crippen MR) is 76.8 cm³/mol. The molecule has 23 heavy (non-hydrogen) atoms. The standard InChI is InChI=1S/C13H7F3N2O3.C2H6/c14-6-4-7(15)11(8(16)5-6)12(19)18-10-3-1-2-9(17-10)13(20)21;1-2/h1-5H,(H,20,21)(H,17,18,19);1-2H3. The van der Waals surface area contributed by atoms with Gasteiger partial charge in [-0.25, -0.2) is 22.9 Å². The van der Waals surface area contributed by atoms with E-state index in [1.54, 1.807) is 0 Å². The van der Waals surface area contributed by atoms with Crippen LogP contribution in [0.1, 0.15) is 34.7 Å². The van der Waals surface area contributed by atoms with Crippen molar-refractivity contribution in [1.82, 2.24) is 4.98 Å². The zero-order valence-corrected chi connectivity index (χ0v) is 12.2. The average molecular weight is 326 g/mol.